The third kappa shape index (κ3) is 7.67. The van der Waals surface area contributed by atoms with Crippen molar-refractivity contribution in [1.82, 2.24) is 0 Å². The van der Waals surface area contributed by atoms with Crippen LogP contribution in [0.1, 0.15) is 65.7 Å². The maximum Gasteiger partial charge on any atom is 0.0344 e. The minimum Gasteiger partial charge on any atom is -0.293 e. The summed E-state index contributed by atoms with van der Waals surface area (Å²) in [6.45, 7) is 6.72. The molecular formula is C15H29N. The Balaban J connectivity index is 4.17. The van der Waals surface area contributed by atoms with E-state index in [0.29, 0.717) is 0 Å². The molecule has 0 spiro atoms. The normalized spacial score (nSPS) is 14.6. The summed E-state index contributed by atoms with van der Waals surface area (Å²) < 4.78 is 0. The zero-order chi connectivity index (χ0) is 12.2. The topological polar surface area (TPSA) is 12.4 Å². The second-order valence-corrected chi connectivity index (χ2v) is 4.53. The molecule has 0 aromatic rings. The molecule has 0 saturated carbocycles. The molecule has 0 bridgehead atoms. The fourth-order valence-corrected chi connectivity index (χ4v) is 2.03. The third-order valence-corrected chi connectivity index (χ3v) is 2.99. The lowest BCUT2D eigenvalue weighted by molar-refractivity contribution is 0.443. The van der Waals surface area contributed by atoms with Crippen LogP contribution in [0.2, 0.25) is 0 Å². The minimum atomic E-state index is 0.838. The monoisotopic (exact) mass is 223 g/mol. The Labute approximate surface area is 102 Å². The average Bonchev–Trinajstić information content (AvgIpc) is 2.31. The molecular weight excluding hydrogens is 194 g/mol. The van der Waals surface area contributed by atoms with Crippen molar-refractivity contribution < 1.29 is 0 Å². The van der Waals surface area contributed by atoms with Crippen molar-refractivity contribution in [2.75, 3.05) is 7.05 Å². The van der Waals surface area contributed by atoms with E-state index in [9.17, 15) is 0 Å². The van der Waals surface area contributed by atoms with E-state index in [-0.39, 0.29) is 0 Å². The van der Waals surface area contributed by atoms with Gasteiger partial charge in [0.1, 0.15) is 0 Å². The van der Waals surface area contributed by atoms with Gasteiger partial charge in [0.25, 0.3) is 0 Å². The quantitative estimate of drug-likeness (QED) is 0.487. The maximum absolute atomic E-state index is 4.39. The Kier molecular flexibility index (Phi) is 10.5. The van der Waals surface area contributed by atoms with Gasteiger partial charge in [0.2, 0.25) is 0 Å². The van der Waals surface area contributed by atoms with Gasteiger partial charge in [0.05, 0.1) is 0 Å². The van der Waals surface area contributed by atoms with E-state index >= 15 is 0 Å². The zero-order valence-corrected chi connectivity index (χ0v) is 11.6. The molecule has 1 unspecified atom stereocenters. The molecule has 0 N–H and O–H groups in total. The second kappa shape index (κ2) is 10.9. The van der Waals surface area contributed by atoms with Crippen molar-refractivity contribution in [3.63, 3.8) is 0 Å². The zero-order valence-electron chi connectivity index (χ0n) is 11.6. The van der Waals surface area contributed by atoms with Crippen molar-refractivity contribution >= 4 is 5.71 Å². The van der Waals surface area contributed by atoms with Crippen molar-refractivity contribution in [3.05, 3.63) is 12.2 Å². The Morgan fingerprint density at radius 2 is 1.88 bits per heavy atom. The summed E-state index contributed by atoms with van der Waals surface area (Å²) in [4.78, 5) is 4.39. The first-order valence-corrected chi connectivity index (χ1v) is 6.90. The lowest BCUT2D eigenvalue weighted by Gasteiger charge is -2.15. The molecule has 0 aliphatic heterocycles. The predicted octanol–water partition coefficient (Wildman–Crippen LogP) is 5.02. The molecule has 0 fully saturated rings. The standard InChI is InChI=1S/C15H29N/c1-5-8-11-14(10-7-3)13-15(16-4)12-9-6-2/h9,12,14H,5-8,10-11,13H2,1-4H3/b12-9-,16-15?. The molecule has 16 heavy (non-hydrogen) atoms. The van der Waals surface area contributed by atoms with E-state index in [1.165, 1.54) is 44.2 Å². The van der Waals surface area contributed by atoms with Gasteiger partial charge in [-0.2, -0.15) is 0 Å². The molecule has 0 aliphatic carbocycles. The highest BCUT2D eigenvalue weighted by Crippen LogP contribution is 2.19. The van der Waals surface area contributed by atoms with Gasteiger partial charge in [-0.05, 0) is 24.8 Å². The van der Waals surface area contributed by atoms with Gasteiger partial charge in [0, 0.05) is 12.8 Å². The van der Waals surface area contributed by atoms with E-state index < -0.39 is 0 Å². The smallest absolute Gasteiger partial charge is 0.0344 e. The largest absolute Gasteiger partial charge is 0.293 e. The van der Waals surface area contributed by atoms with Gasteiger partial charge in [-0.3, -0.25) is 4.99 Å². The highest BCUT2D eigenvalue weighted by atomic mass is 14.7. The van der Waals surface area contributed by atoms with Crippen LogP contribution in [0.25, 0.3) is 0 Å². The summed E-state index contributed by atoms with van der Waals surface area (Å²) in [5, 5.41) is 0. The van der Waals surface area contributed by atoms with Crippen LogP contribution in [0, 0.1) is 5.92 Å². The van der Waals surface area contributed by atoms with Crippen LogP contribution in [-0.2, 0) is 0 Å². The average molecular weight is 223 g/mol. The summed E-state index contributed by atoms with van der Waals surface area (Å²) >= 11 is 0. The highest BCUT2D eigenvalue weighted by molar-refractivity contribution is 5.94. The SMILES string of the molecule is CC/C=C\C(CC(CCC)CCCC)=NC. The van der Waals surface area contributed by atoms with E-state index in [4.69, 9.17) is 0 Å². The van der Waals surface area contributed by atoms with E-state index in [1.54, 1.807) is 0 Å². The Morgan fingerprint density at radius 3 is 2.38 bits per heavy atom. The van der Waals surface area contributed by atoms with Crippen LogP contribution in [0.3, 0.4) is 0 Å². The van der Waals surface area contributed by atoms with Crippen molar-refractivity contribution in [3.8, 4) is 0 Å². The molecule has 1 atom stereocenters. The fourth-order valence-electron chi connectivity index (χ4n) is 2.03. The number of hydrogen-bond acceptors (Lipinski definition) is 1. The first-order chi connectivity index (χ1) is 7.78. The van der Waals surface area contributed by atoms with Gasteiger partial charge in [-0.25, -0.2) is 0 Å². The number of aliphatic imine (C=N–C) groups is 1. The van der Waals surface area contributed by atoms with Crippen LogP contribution in [0.4, 0.5) is 0 Å². The van der Waals surface area contributed by atoms with E-state index in [2.05, 4.69) is 37.9 Å². The number of rotatable bonds is 9. The molecule has 0 aromatic carbocycles. The van der Waals surface area contributed by atoms with Crippen LogP contribution >= 0.6 is 0 Å². The van der Waals surface area contributed by atoms with Gasteiger partial charge in [-0.1, -0.05) is 59.0 Å². The molecule has 0 rings (SSSR count). The fraction of sp³-hybridized carbons (Fsp3) is 0.800. The molecule has 0 saturated heterocycles. The maximum atomic E-state index is 4.39. The number of hydrogen-bond donors (Lipinski definition) is 0. The van der Waals surface area contributed by atoms with Crippen molar-refractivity contribution in [2.24, 2.45) is 10.9 Å². The van der Waals surface area contributed by atoms with Gasteiger partial charge >= 0.3 is 0 Å². The molecule has 0 radical (unpaired) electrons. The molecule has 0 aromatic heterocycles. The Hall–Kier alpha value is -0.590. The lowest BCUT2D eigenvalue weighted by atomic mass is 9.91. The summed E-state index contributed by atoms with van der Waals surface area (Å²) in [6.07, 6.45) is 13.4. The summed E-state index contributed by atoms with van der Waals surface area (Å²) in [6, 6.07) is 0. The molecule has 94 valence electrons. The molecule has 1 nitrogen and oxygen atoms in total. The second-order valence-electron chi connectivity index (χ2n) is 4.53. The molecule has 1 heteroatoms. The van der Waals surface area contributed by atoms with Crippen molar-refractivity contribution in [2.45, 2.75) is 65.7 Å². The number of unbranched alkanes of at least 4 members (excludes halogenated alkanes) is 1. The number of nitrogens with zero attached hydrogens (tertiary/aromatic N) is 1. The number of allylic oxidation sites excluding steroid dienone is 2. The molecule has 0 aliphatic rings. The van der Waals surface area contributed by atoms with Gasteiger partial charge in [-0.15, -0.1) is 0 Å². The summed E-state index contributed by atoms with van der Waals surface area (Å²) in [7, 11) is 1.91. The Morgan fingerprint density at radius 1 is 1.12 bits per heavy atom. The van der Waals surface area contributed by atoms with Gasteiger partial charge < -0.3 is 0 Å². The van der Waals surface area contributed by atoms with Crippen LogP contribution in [0.5, 0.6) is 0 Å². The highest BCUT2D eigenvalue weighted by Gasteiger charge is 2.09. The first-order valence-electron chi connectivity index (χ1n) is 6.90. The molecule has 0 amide bonds. The van der Waals surface area contributed by atoms with E-state index in [0.717, 1.165) is 12.3 Å². The Bertz CT molecular complexity index is 203. The summed E-state index contributed by atoms with van der Waals surface area (Å²) in [5.41, 5.74) is 1.27. The molecule has 0 heterocycles. The van der Waals surface area contributed by atoms with Crippen molar-refractivity contribution in [1.29, 1.82) is 0 Å². The lowest BCUT2D eigenvalue weighted by Crippen LogP contribution is -2.07. The first kappa shape index (κ1) is 15.4. The summed E-state index contributed by atoms with van der Waals surface area (Å²) in [5.74, 6) is 0.838. The van der Waals surface area contributed by atoms with Gasteiger partial charge in [0.15, 0.2) is 0 Å². The van der Waals surface area contributed by atoms with E-state index in [1.807, 2.05) is 7.05 Å². The minimum absolute atomic E-state index is 0.838. The third-order valence-electron chi connectivity index (χ3n) is 2.99. The van der Waals surface area contributed by atoms with Crippen LogP contribution in [0.15, 0.2) is 17.1 Å². The van der Waals surface area contributed by atoms with Crippen LogP contribution in [-0.4, -0.2) is 12.8 Å². The predicted molar refractivity (Wildman–Crippen MR) is 75.3 cm³/mol. The van der Waals surface area contributed by atoms with Crippen LogP contribution < -0.4 is 0 Å².